The third-order valence-electron chi connectivity index (χ3n) is 4.08. The lowest BCUT2D eigenvalue weighted by Gasteiger charge is -2.29. The van der Waals surface area contributed by atoms with Gasteiger partial charge in [-0.3, -0.25) is 14.5 Å². The smallest absolute Gasteiger partial charge is 0.322 e. The van der Waals surface area contributed by atoms with Crippen molar-refractivity contribution in [2.24, 2.45) is 0 Å². The first-order valence-electron chi connectivity index (χ1n) is 8.63. The Morgan fingerprint density at radius 1 is 1.21 bits per heavy atom. The average Bonchev–Trinajstić information content (AvgIpc) is 2.66. The van der Waals surface area contributed by atoms with Gasteiger partial charge in [-0.25, -0.2) is 9.18 Å². The fourth-order valence-electron chi connectivity index (χ4n) is 2.76. The molecule has 2 aromatic carbocycles. The highest BCUT2D eigenvalue weighted by Gasteiger charge is 2.26. The first kappa shape index (κ1) is 19.8. The van der Waals surface area contributed by atoms with Gasteiger partial charge in [-0.15, -0.1) is 0 Å². The summed E-state index contributed by atoms with van der Waals surface area (Å²) < 4.78 is 14.3. The molecule has 0 saturated heterocycles. The van der Waals surface area contributed by atoms with Gasteiger partial charge in [0.05, 0.1) is 17.1 Å². The number of nitrogens with one attached hydrogen (secondary N) is 3. The van der Waals surface area contributed by atoms with Gasteiger partial charge in [0.2, 0.25) is 11.8 Å². The second kappa shape index (κ2) is 8.83. The molecule has 0 atom stereocenters. The Hall–Kier alpha value is -2.94. The molecule has 0 bridgehead atoms. The molecule has 0 radical (unpaired) electrons. The fraction of sp³-hybridized carbons (Fsp3) is 0.211. The van der Waals surface area contributed by atoms with E-state index in [1.807, 2.05) is 0 Å². The highest BCUT2D eigenvalue weighted by atomic mass is 79.9. The molecule has 146 valence electrons. The lowest BCUT2D eigenvalue weighted by Crippen LogP contribution is -2.47. The zero-order valence-corrected chi connectivity index (χ0v) is 16.4. The van der Waals surface area contributed by atoms with Crippen LogP contribution in [-0.4, -0.2) is 30.9 Å². The summed E-state index contributed by atoms with van der Waals surface area (Å²) in [5, 5.41) is 7.91. The molecule has 3 rings (SSSR count). The van der Waals surface area contributed by atoms with Crippen LogP contribution in [0.4, 0.5) is 26.2 Å². The minimum atomic E-state index is -0.530. The molecule has 1 aliphatic rings. The number of hydrogen-bond donors (Lipinski definition) is 3. The number of rotatable bonds is 5. The van der Waals surface area contributed by atoms with Crippen LogP contribution in [0.15, 0.2) is 46.9 Å². The number of hydrogen-bond acceptors (Lipinski definition) is 3. The van der Waals surface area contributed by atoms with E-state index in [2.05, 4.69) is 31.9 Å². The zero-order valence-electron chi connectivity index (χ0n) is 14.8. The number of anilines is 3. The predicted octanol–water partition coefficient (Wildman–Crippen LogP) is 3.48. The summed E-state index contributed by atoms with van der Waals surface area (Å²) in [4.78, 5) is 37.5. The SMILES string of the molecule is O=C(CCCNC(=O)N1CC(=O)Nc2ccccc21)Nc1ccc(Br)cc1F. The molecule has 4 amide bonds. The third kappa shape index (κ3) is 4.86. The predicted molar refractivity (Wildman–Crippen MR) is 108 cm³/mol. The molecular formula is C19H18BrFN4O3. The quantitative estimate of drug-likeness (QED) is 0.611. The van der Waals surface area contributed by atoms with Crippen molar-refractivity contribution in [3.8, 4) is 0 Å². The molecule has 0 fully saturated rings. The Morgan fingerprint density at radius 3 is 2.79 bits per heavy atom. The van der Waals surface area contributed by atoms with Crippen LogP contribution in [0.5, 0.6) is 0 Å². The van der Waals surface area contributed by atoms with E-state index < -0.39 is 11.8 Å². The molecule has 0 spiro atoms. The molecule has 0 aromatic heterocycles. The van der Waals surface area contributed by atoms with Crippen molar-refractivity contribution in [1.29, 1.82) is 0 Å². The Morgan fingerprint density at radius 2 is 2.00 bits per heavy atom. The van der Waals surface area contributed by atoms with Crippen LogP contribution in [0.25, 0.3) is 0 Å². The molecule has 1 aliphatic heterocycles. The number of nitrogens with zero attached hydrogens (tertiary/aromatic N) is 1. The lowest BCUT2D eigenvalue weighted by atomic mass is 10.2. The number of carbonyl (C=O) groups excluding carboxylic acids is 3. The van der Waals surface area contributed by atoms with Crippen LogP contribution in [0.1, 0.15) is 12.8 Å². The Bertz CT molecular complexity index is 922. The first-order valence-corrected chi connectivity index (χ1v) is 9.42. The van der Waals surface area contributed by atoms with Crippen molar-refractivity contribution in [2.45, 2.75) is 12.8 Å². The maximum absolute atomic E-state index is 13.7. The summed E-state index contributed by atoms with van der Waals surface area (Å²) in [7, 11) is 0. The van der Waals surface area contributed by atoms with Crippen LogP contribution < -0.4 is 20.9 Å². The minimum absolute atomic E-state index is 0.0772. The summed E-state index contributed by atoms with van der Waals surface area (Å²) in [5.74, 6) is -1.15. The number of benzene rings is 2. The summed E-state index contributed by atoms with van der Waals surface area (Å²) in [5.41, 5.74) is 1.29. The van der Waals surface area contributed by atoms with Gasteiger partial charge in [0.25, 0.3) is 0 Å². The van der Waals surface area contributed by atoms with Gasteiger partial charge >= 0.3 is 6.03 Å². The molecule has 28 heavy (non-hydrogen) atoms. The van der Waals surface area contributed by atoms with E-state index >= 15 is 0 Å². The summed E-state index contributed by atoms with van der Waals surface area (Å²) in [6, 6.07) is 11.0. The molecule has 9 heteroatoms. The monoisotopic (exact) mass is 448 g/mol. The van der Waals surface area contributed by atoms with Crippen LogP contribution in [0.2, 0.25) is 0 Å². The second-order valence-corrected chi connectivity index (χ2v) is 7.07. The number of urea groups is 1. The van der Waals surface area contributed by atoms with E-state index in [9.17, 15) is 18.8 Å². The molecule has 1 heterocycles. The highest BCUT2D eigenvalue weighted by molar-refractivity contribution is 9.10. The van der Waals surface area contributed by atoms with Crippen molar-refractivity contribution in [3.63, 3.8) is 0 Å². The van der Waals surface area contributed by atoms with E-state index in [0.29, 0.717) is 22.3 Å². The standard InChI is InChI=1S/C19H18BrFN4O3/c20-12-7-8-14(13(21)10-12)23-17(26)6-3-9-22-19(28)25-11-18(27)24-15-4-1-2-5-16(15)25/h1-2,4-5,7-8,10H,3,6,9,11H2,(H,22,28)(H,23,26)(H,24,27). The van der Waals surface area contributed by atoms with Gasteiger partial charge in [-0.05, 0) is 36.8 Å². The summed E-state index contributed by atoms with van der Waals surface area (Å²) >= 11 is 3.15. The number of amides is 4. The molecule has 0 aliphatic carbocycles. The van der Waals surface area contributed by atoms with E-state index in [4.69, 9.17) is 0 Å². The Kier molecular flexibility index (Phi) is 6.25. The summed E-state index contributed by atoms with van der Waals surface area (Å²) in [6.45, 7) is 0.168. The van der Waals surface area contributed by atoms with Gasteiger partial charge < -0.3 is 16.0 Å². The average molecular weight is 449 g/mol. The number of carbonyl (C=O) groups is 3. The zero-order chi connectivity index (χ0) is 20.1. The van der Waals surface area contributed by atoms with E-state index in [-0.39, 0.29) is 37.0 Å². The Labute approximate surface area is 169 Å². The fourth-order valence-corrected chi connectivity index (χ4v) is 3.09. The minimum Gasteiger partial charge on any atom is -0.338 e. The van der Waals surface area contributed by atoms with Gasteiger partial charge in [0, 0.05) is 17.4 Å². The number of halogens is 2. The van der Waals surface area contributed by atoms with Crippen molar-refractivity contribution in [2.75, 3.05) is 28.6 Å². The Balaban J connectivity index is 1.47. The van der Waals surface area contributed by atoms with Crippen LogP contribution in [0, 0.1) is 5.82 Å². The largest absolute Gasteiger partial charge is 0.338 e. The van der Waals surface area contributed by atoms with Crippen LogP contribution in [-0.2, 0) is 9.59 Å². The van der Waals surface area contributed by atoms with Crippen LogP contribution in [0.3, 0.4) is 0 Å². The summed E-state index contributed by atoms with van der Waals surface area (Å²) in [6.07, 6.45) is 0.490. The van der Waals surface area contributed by atoms with E-state index in [1.165, 1.54) is 17.0 Å². The van der Waals surface area contributed by atoms with Crippen molar-refractivity contribution in [3.05, 3.63) is 52.8 Å². The normalized spacial score (nSPS) is 12.8. The highest BCUT2D eigenvalue weighted by Crippen LogP contribution is 2.28. The lowest BCUT2D eigenvalue weighted by molar-refractivity contribution is -0.116. The molecule has 0 saturated carbocycles. The molecule has 3 N–H and O–H groups in total. The topological polar surface area (TPSA) is 90.5 Å². The number of para-hydroxylation sites is 2. The maximum atomic E-state index is 13.7. The van der Waals surface area contributed by atoms with Crippen molar-refractivity contribution >= 4 is 50.8 Å². The number of fused-ring (bicyclic) bond motifs is 1. The van der Waals surface area contributed by atoms with Crippen LogP contribution >= 0.6 is 15.9 Å². The van der Waals surface area contributed by atoms with Gasteiger partial charge in [-0.1, -0.05) is 28.1 Å². The van der Waals surface area contributed by atoms with Gasteiger partial charge in [-0.2, -0.15) is 0 Å². The van der Waals surface area contributed by atoms with E-state index in [1.54, 1.807) is 30.3 Å². The van der Waals surface area contributed by atoms with Crippen molar-refractivity contribution < 1.29 is 18.8 Å². The second-order valence-electron chi connectivity index (χ2n) is 6.16. The maximum Gasteiger partial charge on any atom is 0.322 e. The molecule has 7 nitrogen and oxygen atoms in total. The van der Waals surface area contributed by atoms with E-state index in [0.717, 1.165) is 0 Å². The van der Waals surface area contributed by atoms with Gasteiger partial charge in [0.1, 0.15) is 12.4 Å². The van der Waals surface area contributed by atoms with Crippen molar-refractivity contribution in [1.82, 2.24) is 5.32 Å². The molecule has 0 unspecified atom stereocenters. The third-order valence-corrected chi connectivity index (χ3v) is 4.57. The van der Waals surface area contributed by atoms with Gasteiger partial charge in [0.15, 0.2) is 0 Å². The first-order chi connectivity index (χ1) is 13.4. The molecular weight excluding hydrogens is 431 g/mol. The molecule has 2 aromatic rings.